The summed E-state index contributed by atoms with van der Waals surface area (Å²) in [6.07, 6.45) is 0.198. The zero-order chi connectivity index (χ0) is 18.8. The maximum atomic E-state index is 6.53. The Morgan fingerprint density at radius 2 is 1.75 bits per heavy atom. The molecule has 0 radical (unpaired) electrons. The predicted octanol–water partition coefficient (Wildman–Crippen LogP) is 3.09. The average Bonchev–Trinajstić information content (AvgIpc) is 3.35. The number of likely N-dealkylation sites (N-methyl/N-ethyl adjacent to an activating group) is 1. The highest BCUT2D eigenvalue weighted by molar-refractivity contribution is 5.56. The molecule has 0 bridgehead atoms. The molecular weight excluding hydrogens is 362 g/mol. The highest BCUT2D eigenvalue weighted by Gasteiger charge is 2.44. The van der Waals surface area contributed by atoms with E-state index in [1.54, 1.807) is 7.11 Å². The lowest BCUT2D eigenvalue weighted by Gasteiger charge is -2.41. The molecule has 0 saturated carbocycles. The number of rotatable bonds is 1. The van der Waals surface area contributed by atoms with Gasteiger partial charge in [0.1, 0.15) is 6.10 Å². The third-order valence-corrected chi connectivity index (χ3v) is 6.09. The first-order chi connectivity index (χ1) is 13.7. The minimum absolute atomic E-state index is 0.0394. The van der Waals surface area contributed by atoms with Crippen molar-refractivity contribution < 1.29 is 28.4 Å². The number of methoxy groups -OCH3 is 1. The summed E-state index contributed by atoms with van der Waals surface area (Å²) in [5.41, 5.74) is 4.43. The third kappa shape index (κ3) is 2.21. The van der Waals surface area contributed by atoms with Gasteiger partial charge in [0.2, 0.25) is 13.6 Å². The molecule has 2 aromatic carbocycles. The van der Waals surface area contributed by atoms with Crippen LogP contribution in [0.25, 0.3) is 0 Å². The average molecular weight is 383 g/mol. The van der Waals surface area contributed by atoms with Crippen LogP contribution < -0.4 is 18.9 Å². The van der Waals surface area contributed by atoms with Gasteiger partial charge in [-0.05, 0) is 48.4 Å². The van der Waals surface area contributed by atoms with E-state index < -0.39 is 6.29 Å². The van der Waals surface area contributed by atoms with Gasteiger partial charge < -0.3 is 28.4 Å². The molecule has 4 heterocycles. The lowest BCUT2D eigenvalue weighted by atomic mass is 9.87. The Kier molecular flexibility index (Phi) is 3.53. The summed E-state index contributed by atoms with van der Waals surface area (Å²) in [5, 5.41) is 0. The van der Waals surface area contributed by atoms with Crippen LogP contribution in [-0.2, 0) is 15.9 Å². The van der Waals surface area contributed by atoms with E-state index in [1.165, 1.54) is 5.56 Å². The number of fused-ring (bicyclic) bond motifs is 8. The van der Waals surface area contributed by atoms with Crippen molar-refractivity contribution in [2.24, 2.45) is 0 Å². The molecule has 0 unspecified atom stereocenters. The molecule has 28 heavy (non-hydrogen) atoms. The molecule has 0 saturated heterocycles. The van der Waals surface area contributed by atoms with E-state index in [0.717, 1.165) is 52.7 Å². The van der Waals surface area contributed by atoms with Gasteiger partial charge in [-0.25, -0.2) is 0 Å². The van der Waals surface area contributed by atoms with Gasteiger partial charge in [0, 0.05) is 13.7 Å². The maximum Gasteiger partial charge on any atom is 0.231 e. The summed E-state index contributed by atoms with van der Waals surface area (Å²) < 4.78 is 34.8. The molecule has 4 aliphatic rings. The van der Waals surface area contributed by atoms with Gasteiger partial charge in [-0.3, -0.25) is 4.90 Å². The number of nitrogens with zero attached hydrogens (tertiary/aromatic N) is 1. The predicted molar refractivity (Wildman–Crippen MR) is 97.8 cm³/mol. The first-order valence-electron chi connectivity index (χ1n) is 9.48. The highest BCUT2D eigenvalue weighted by atomic mass is 16.7. The molecule has 4 aliphatic heterocycles. The normalized spacial score (nSPS) is 27.0. The summed E-state index contributed by atoms with van der Waals surface area (Å²) in [4.78, 5) is 2.34. The molecule has 0 spiro atoms. The van der Waals surface area contributed by atoms with Crippen molar-refractivity contribution in [2.75, 3.05) is 34.3 Å². The van der Waals surface area contributed by atoms with Crippen LogP contribution >= 0.6 is 0 Å². The van der Waals surface area contributed by atoms with E-state index in [9.17, 15) is 0 Å². The summed E-state index contributed by atoms with van der Waals surface area (Å²) in [6, 6.07) is 8.30. The number of benzene rings is 2. The highest BCUT2D eigenvalue weighted by Crippen LogP contribution is 2.55. The molecule has 0 fully saturated rings. The molecule has 7 nitrogen and oxygen atoms in total. The Labute approximate surface area is 162 Å². The Bertz CT molecular complexity index is 960. The van der Waals surface area contributed by atoms with Gasteiger partial charge in [-0.15, -0.1) is 0 Å². The molecule has 7 heteroatoms. The SMILES string of the molecule is CO[C@H]1O[C@@H]2c3cc4c(cc3CCN(C)[C@@H]2c2ccc3c(c21)OCO3)OCO4. The standard InChI is InChI=1S/C21H21NO6/c1-22-6-5-11-7-15-16(26-9-25-15)8-13(11)19-18(22)12-3-4-14-20(27-10-24-14)17(12)21(23-2)28-19/h3-4,7-8,18-19,21H,5-6,9-10H2,1-2H3/t18-,19-,21+/m1/s1. The fourth-order valence-electron chi connectivity index (χ4n) is 4.75. The van der Waals surface area contributed by atoms with Crippen molar-refractivity contribution in [3.05, 3.63) is 46.5 Å². The molecule has 146 valence electrons. The Morgan fingerprint density at radius 3 is 2.61 bits per heavy atom. The second-order valence-electron chi connectivity index (χ2n) is 7.51. The molecule has 0 N–H and O–H groups in total. The van der Waals surface area contributed by atoms with Crippen LogP contribution in [0.5, 0.6) is 23.0 Å². The second-order valence-corrected chi connectivity index (χ2v) is 7.51. The van der Waals surface area contributed by atoms with Gasteiger partial charge in [0.05, 0.1) is 11.6 Å². The second kappa shape index (κ2) is 6.01. The van der Waals surface area contributed by atoms with Crippen LogP contribution in [-0.4, -0.2) is 39.2 Å². The van der Waals surface area contributed by atoms with Crippen LogP contribution in [0, 0.1) is 0 Å². The topological polar surface area (TPSA) is 58.6 Å². The van der Waals surface area contributed by atoms with E-state index in [4.69, 9.17) is 28.4 Å². The molecule has 2 aromatic rings. The minimum atomic E-state index is -0.530. The van der Waals surface area contributed by atoms with Crippen LogP contribution in [0.2, 0.25) is 0 Å². The lowest BCUT2D eigenvalue weighted by molar-refractivity contribution is -0.190. The van der Waals surface area contributed by atoms with Gasteiger partial charge in [0.25, 0.3) is 0 Å². The smallest absolute Gasteiger partial charge is 0.231 e. The Balaban J connectivity index is 1.54. The van der Waals surface area contributed by atoms with Crippen molar-refractivity contribution in [3.63, 3.8) is 0 Å². The van der Waals surface area contributed by atoms with Gasteiger partial charge >= 0.3 is 0 Å². The van der Waals surface area contributed by atoms with Crippen molar-refractivity contribution in [3.8, 4) is 23.0 Å². The van der Waals surface area contributed by atoms with Gasteiger partial charge in [-0.2, -0.15) is 0 Å². The molecule has 3 atom stereocenters. The van der Waals surface area contributed by atoms with E-state index >= 15 is 0 Å². The summed E-state index contributed by atoms with van der Waals surface area (Å²) in [5.74, 6) is 3.05. The number of hydrogen-bond acceptors (Lipinski definition) is 7. The molecule has 6 rings (SSSR count). The van der Waals surface area contributed by atoms with Gasteiger partial charge in [0.15, 0.2) is 29.3 Å². The lowest BCUT2D eigenvalue weighted by Crippen LogP contribution is -2.35. The van der Waals surface area contributed by atoms with Crippen LogP contribution in [0.3, 0.4) is 0 Å². The Hall–Kier alpha value is -2.48. The molecular formula is C21H21NO6. The molecule has 0 amide bonds. The van der Waals surface area contributed by atoms with Crippen LogP contribution in [0.15, 0.2) is 24.3 Å². The van der Waals surface area contributed by atoms with E-state index in [2.05, 4.69) is 30.1 Å². The zero-order valence-corrected chi connectivity index (χ0v) is 15.8. The van der Waals surface area contributed by atoms with Crippen LogP contribution in [0.4, 0.5) is 0 Å². The first kappa shape index (κ1) is 16.5. The van der Waals surface area contributed by atoms with E-state index in [1.807, 2.05) is 6.07 Å². The van der Waals surface area contributed by atoms with E-state index in [0.29, 0.717) is 0 Å². The number of hydrogen-bond donors (Lipinski definition) is 0. The van der Waals surface area contributed by atoms with E-state index in [-0.39, 0.29) is 25.7 Å². The summed E-state index contributed by atoms with van der Waals surface area (Å²) >= 11 is 0. The third-order valence-electron chi connectivity index (χ3n) is 6.09. The number of ether oxygens (including phenoxy) is 6. The van der Waals surface area contributed by atoms with Crippen LogP contribution in [0.1, 0.15) is 40.7 Å². The molecule has 0 aliphatic carbocycles. The summed E-state index contributed by atoms with van der Waals surface area (Å²) in [7, 11) is 3.79. The zero-order valence-electron chi connectivity index (χ0n) is 15.8. The minimum Gasteiger partial charge on any atom is -0.454 e. The van der Waals surface area contributed by atoms with Crippen molar-refractivity contribution in [2.45, 2.75) is 24.9 Å². The first-order valence-corrected chi connectivity index (χ1v) is 9.48. The maximum absolute atomic E-state index is 6.53. The van der Waals surface area contributed by atoms with Crippen molar-refractivity contribution >= 4 is 0 Å². The Morgan fingerprint density at radius 1 is 0.964 bits per heavy atom. The van der Waals surface area contributed by atoms with Gasteiger partial charge in [-0.1, -0.05) is 6.07 Å². The monoisotopic (exact) mass is 383 g/mol. The quantitative estimate of drug-likeness (QED) is 0.750. The fourth-order valence-corrected chi connectivity index (χ4v) is 4.75. The van der Waals surface area contributed by atoms with Crippen molar-refractivity contribution in [1.29, 1.82) is 0 Å². The van der Waals surface area contributed by atoms with Crippen molar-refractivity contribution in [1.82, 2.24) is 4.90 Å². The largest absolute Gasteiger partial charge is 0.454 e. The fraction of sp³-hybridized carbons (Fsp3) is 0.429. The summed E-state index contributed by atoms with van der Waals surface area (Å²) in [6.45, 7) is 1.39. The molecule has 0 aromatic heterocycles.